The summed E-state index contributed by atoms with van der Waals surface area (Å²) in [7, 11) is 1.82. The van der Waals surface area contributed by atoms with Crippen molar-refractivity contribution < 1.29 is 9.13 Å². The van der Waals surface area contributed by atoms with E-state index in [9.17, 15) is 4.39 Å². The first kappa shape index (κ1) is 23.3. The molecule has 158 valence electrons. The minimum absolute atomic E-state index is 0. The molecule has 2 aliphatic rings. The molecule has 3 rings (SSSR count). The highest BCUT2D eigenvalue weighted by atomic mass is 127. The second-order valence-corrected chi connectivity index (χ2v) is 7.73. The highest BCUT2D eigenvalue weighted by Crippen LogP contribution is 2.43. The van der Waals surface area contributed by atoms with Gasteiger partial charge in [-0.3, -0.25) is 9.89 Å². The van der Waals surface area contributed by atoms with E-state index < -0.39 is 0 Å². The maximum Gasteiger partial charge on any atom is 0.191 e. The van der Waals surface area contributed by atoms with Crippen LogP contribution in [0.3, 0.4) is 0 Å². The van der Waals surface area contributed by atoms with Gasteiger partial charge in [-0.2, -0.15) is 0 Å². The van der Waals surface area contributed by atoms with Crippen LogP contribution < -0.4 is 10.6 Å². The zero-order valence-electron chi connectivity index (χ0n) is 17.0. The van der Waals surface area contributed by atoms with E-state index in [0.29, 0.717) is 5.41 Å². The van der Waals surface area contributed by atoms with E-state index in [1.165, 1.54) is 37.8 Å². The fourth-order valence-electron chi connectivity index (χ4n) is 4.05. The van der Waals surface area contributed by atoms with Crippen molar-refractivity contribution in [1.82, 2.24) is 15.5 Å². The first-order chi connectivity index (χ1) is 13.2. The second kappa shape index (κ2) is 11.3. The third-order valence-corrected chi connectivity index (χ3v) is 6.22. The summed E-state index contributed by atoms with van der Waals surface area (Å²) in [6.45, 7) is 7.23. The fraction of sp³-hybridized carbons (Fsp3) is 0.667. The van der Waals surface area contributed by atoms with E-state index in [-0.39, 0.29) is 35.8 Å². The minimum atomic E-state index is -0.199. The quantitative estimate of drug-likeness (QED) is 0.339. The smallest absolute Gasteiger partial charge is 0.191 e. The van der Waals surface area contributed by atoms with Gasteiger partial charge in [0.2, 0.25) is 0 Å². The lowest BCUT2D eigenvalue weighted by atomic mass is 9.67. The van der Waals surface area contributed by atoms with Gasteiger partial charge in [-0.25, -0.2) is 4.39 Å². The van der Waals surface area contributed by atoms with Gasteiger partial charge in [0.15, 0.2) is 5.96 Å². The summed E-state index contributed by atoms with van der Waals surface area (Å²) in [4.78, 5) is 6.80. The molecule has 1 saturated heterocycles. The Morgan fingerprint density at radius 1 is 1.21 bits per heavy atom. The SMILES string of the molecule is CCC1(CNC(=NC)NCC(c2ccc(F)cc2)N2CCOCC2)CCC1.I. The van der Waals surface area contributed by atoms with Crippen molar-refractivity contribution in [2.24, 2.45) is 10.4 Å². The highest BCUT2D eigenvalue weighted by molar-refractivity contribution is 14.0. The maximum atomic E-state index is 13.4. The summed E-state index contributed by atoms with van der Waals surface area (Å²) < 4.78 is 18.9. The van der Waals surface area contributed by atoms with Crippen molar-refractivity contribution >= 4 is 29.9 Å². The average Bonchev–Trinajstić information content (AvgIpc) is 2.68. The molecule has 0 aromatic heterocycles. The van der Waals surface area contributed by atoms with Crippen LogP contribution in [0.2, 0.25) is 0 Å². The lowest BCUT2D eigenvalue weighted by Gasteiger charge is -2.41. The number of guanidine groups is 1. The van der Waals surface area contributed by atoms with Crippen LogP contribution in [-0.4, -0.2) is 57.3 Å². The average molecular weight is 504 g/mol. The zero-order valence-corrected chi connectivity index (χ0v) is 19.4. The first-order valence-corrected chi connectivity index (χ1v) is 10.2. The number of nitrogens with zero attached hydrogens (tertiary/aromatic N) is 2. The van der Waals surface area contributed by atoms with Gasteiger partial charge in [-0.1, -0.05) is 25.5 Å². The van der Waals surface area contributed by atoms with Crippen molar-refractivity contribution in [3.05, 3.63) is 35.6 Å². The lowest BCUT2D eigenvalue weighted by Crippen LogP contribution is -2.49. The predicted octanol–water partition coefficient (Wildman–Crippen LogP) is 3.56. The molecule has 0 amide bonds. The van der Waals surface area contributed by atoms with E-state index in [1.807, 2.05) is 19.2 Å². The third-order valence-electron chi connectivity index (χ3n) is 6.22. The predicted molar refractivity (Wildman–Crippen MR) is 123 cm³/mol. The number of ether oxygens (including phenoxy) is 1. The molecule has 0 spiro atoms. The summed E-state index contributed by atoms with van der Waals surface area (Å²) in [6.07, 6.45) is 5.16. The molecule has 1 aromatic carbocycles. The summed E-state index contributed by atoms with van der Waals surface area (Å²) in [5.74, 6) is 0.644. The summed E-state index contributed by atoms with van der Waals surface area (Å²) in [5, 5.41) is 7.01. The molecule has 1 atom stereocenters. The van der Waals surface area contributed by atoms with Gasteiger partial charge < -0.3 is 15.4 Å². The van der Waals surface area contributed by atoms with Crippen molar-refractivity contribution in [2.45, 2.75) is 38.6 Å². The number of benzene rings is 1. The number of nitrogens with one attached hydrogen (secondary N) is 2. The van der Waals surface area contributed by atoms with Crippen LogP contribution >= 0.6 is 24.0 Å². The number of aliphatic imine (C=N–C) groups is 1. The van der Waals surface area contributed by atoms with Crippen LogP contribution in [0.5, 0.6) is 0 Å². The molecule has 1 saturated carbocycles. The topological polar surface area (TPSA) is 48.9 Å². The summed E-state index contributed by atoms with van der Waals surface area (Å²) in [5.41, 5.74) is 1.56. The van der Waals surface area contributed by atoms with E-state index in [0.717, 1.165) is 50.9 Å². The van der Waals surface area contributed by atoms with Gasteiger partial charge in [0.1, 0.15) is 5.82 Å². The van der Waals surface area contributed by atoms with Crippen molar-refractivity contribution in [3.8, 4) is 0 Å². The molecule has 28 heavy (non-hydrogen) atoms. The van der Waals surface area contributed by atoms with Crippen LogP contribution in [0.1, 0.15) is 44.2 Å². The molecule has 5 nitrogen and oxygen atoms in total. The Bertz CT molecular complexity index is 610. The Morgan fingerprint density at radius 3 is 2.43 bits per heavy atom. The standard InChI is InChI=1S/C21H33FN4O.HI/c1-3-21(9-4-10-21)16-25-20(23-2)24-15-19(26-11-13-27-14-12-26)17-5-7-18(22)8-6-17;/h5-8,19H,3-4,9-16H2,1-2H3,(H2,23,24,25);1H. The number of halogens is 2. The highest BCUT2D eigenvalue weighted by Gasteiger charge is 2.35. The first-order valence-electron chi connectivity index (χ1n) is 10.2. The Hall–Kier alpha value is -0.930. The zero-order chi connectivity index (χ0) is 19.1. The van der Waals surface area contributed by atoms with Gasteiger partial charge in [-0.05, 0) is 42.4 Å². The molecule has 2 fully saturated rings. The van der Waals surface area contributed by atoms with Crippen LogP contribution in [0.25, 0.3) is 0 Å². The third kappa shape index (κ3) is 6.03. The summed E-state index contributed by atoms with van der Waals surface area (Å²) >= 11 is 0. The van der Waals surface area contributed by atoms with Gasteiger partial charge in [0, 0.05) is 33.2 Å². The van der Waals surface area contributed by atoms with E-state index >= 15 is 0 Å². The molecular formula is C21H34FIN4O. The lowest BCUT2D eigenvalue weighted by molar-refractivity contribution is 0.0169. The second-order valence-electron chi connectivity index (χ2n) is 7.73. The number of hydrogen-bond acceptors (Lipinski definition) is 3. The minimum Gasteiger partial charge on any atom is -0.379 e. The van der Waals surface area contributed by atoms with Crippen molar-refractivity contribution in [3.63, 3.8) is 0 Å². The van der Waals surface area contributed by atoms with E-state index in [4.69, 9.17) is 4.74 Å². The molecular weight excluding hydrogens is 470 g/mol. The monoisotopic (exact) mass is 504 g/mol. The molecule has 0 bridgehead atoms. The molecule has 7 heteroatoms. The number of hydrogen-bond donors (Lipinski definition) is 2. The Labute approximate surface area is 185 Å². The molecule has 1 aliphatic heterocycles. The van der Waals surface area contributed by atoms with Crippen LogP contribution in [0.4, 0.5) is 4.39 Å². The molecule has 2 N–H and O–H groups in total. The van der Waals surface area contributed by atoms with Crippen LogP contribution in [0, 0.1) is 11.2 Å². The van der Waals surface area contributed by atoms with E-state index in [1.54, 1.807) is 0 Å². The molecule has 1 heterocycles. The van der Waals surface area contributed by atoms with Crippen molar-refractivity contribution in [1.29, 1.82) is 0 Å². The Morgan fingerprint density at radius 2 is 1.89 bits per heavy atom. The van der Waals surface area contributed by atoms with Gasteiger partial charge >= 0.3 is 0 Å². The largest absolute Gasteiger partial charge is 0.379 e. The van der Waals surface area contributed by atoms with Gasteiger partial charge in [0.25, 0.3) is 0 Å². The van der Waals surface area contributed by atoms with E-state index in [2.05, 4.69) is 27.4 Å². The van der Waals surface area contributed by atoms with Crippen LogP contribution in [-0.2, 0) is 4.74 Å². The maximum absolute atomic E-state index is 13.4. The number of morpholine rings is 1. The van der Waals surface area contributed by atoms with Gasteiger partial charge in [-0.15, -0.1) is 24.0 Å². The normalized spacial score (nSPS) is 20.6. The molecule has 1 aromatic rings. The number of rotatable bonds is 7. The van der Waals surface area contributed by atoms with Gasteiger partial charge in [0.05, 0.1) is 19.3 Å². The summed E-state index contributed by atoms with van der Waals surface area (Å²) in [6, 6.07) is 7.01. The Balaban J connectivity index is 0.00000280. The molecule has 0 radical (unpaired) electrons. The molecule has 1 aliphatic carbocycles. The van der Waals surface area contributed by atoms with Crippen molar-refractivity contribution in [2.75, 3.05) is 46.4 Å². The van der Waals surface area contributed by atoms with Crippen LogP contribution in [0.15, 0.2) is 29.3 Å². The fourth-order valence-corrected chi connectivity index (χ4v) is 4.05. The molecule has 1 unspecified atom stereocenters. The Kier molecular flexibility index (Phi) is 9.43.